The van der Waals surface area contributed by atoms with Crippen molar-refractivity contribution in [2.24, 2.45) is 0 Å². The van der Waals surface area contributed by atoms with Crippen LogP contribution in [0.15, 0.2) is 41.6 Å². The maximum atomic E-state index is 11.2. The van der Waals surface area contributed by atoms with Crippen molar-refractivity contribution in [2.45, 2.75) is 0 Å². The van der Waals surface area contributed by atoms with E-state index in [0.717, 1.165) is 5.39 Å². The van der Waals surface area contributed by atoms with E-state index in [1.54, 1.807) is 18.3 Å². The molecule has 3 rings (SSSR count). The summed E-state index contributed by atoms with van der Waals surface area (Å²) in [6, 6.07) is 6.63. The van der Waals surface area contributed by atoms with E-state index in [9.17, 15) is 4.79 Å². The van der Waals surface area contributed by atoms with Gasteiger partial charge in [0.2, 0.25) is 0 Å². The molecule has 0 bridgehead atoms. The molecule has 0 saturated heterocycles. The van der Waals surface area contributed by atoms with Gasteiger partial charge in [-0.15, -0.1) is 0 Å². The van der Waals surface area contributed by atoms with Crippen molar-refractivity contribution in [1.82, 2.24) is 19.9 Å². The third-order valence-electron chi connectivity index (χ3n) is 2.27. The Kier molecular flexibility index (Phi) is 1.83. The molecule has 16 heavy (non-hydrogen) atoms. The van der Waals surface area contributed by atoms with E-state index in [1.807, 2.05) is 6.07 Å². The van der Waals surface area contributed by atoms with Crippen LogP contribution in [0.5, 0.6) is 0 Å². The topological polar surface area (TPSA) is 68.6 Å². The standard InChI is InChI=1S/C11H6N4O/c16-9-4-3-8-10(15-9)7-2-1-5-12-11(7)14-6-13-8/h1-6H. The molecule has 0 aromatic carbocycles. The monoisotopic (exact) mass is 210 g/mol. The minimum Gasteiger partial charge on any atom is -0.267 e. The lowest BCUT2D eigenvalue weighted by Crippen LogP contribution is -2.05. The molecule has 0 amide bonds. The fourth-order valence-corrected chi connectivity index (χ4v) is 1.57. The van der Waals surface area contributed by atoms with Crippen molar-refractivity contribution in [1.29, 1.82) is 0 Å². The Hall–Kier alpha value is -2.43. The molecule has 0 spiro atoms. The molecule has 0 atom stereocenters. The molecular weight excluding hydrogens is 204 g/mol. The van der Waals surface area contributed by atoms with Crippen LogP contribution in [0.25, 0.3) is 22.4 Å². The number of fused-ring (bicyclic) bond motifs is 3. The fraction of sp³-hybridized carbons (Fsp3) is 0. The molecule has 5 nitrogen and oxygen atoms in total. The lowest BCUT2D eigenvalue weighted by Gasteiger charge is -1.98. The van der Waals surface area contributed by atoms with Gasteiger partial charge >= 0.3 is 0 Å². The summed E-state index contributed by atoms with van der Waals surface area (Å²) in [6.45, 7) is 0. The second-order valence-corrected chi connectivity index (χ2v) is 3.27. The summed E-state index contributed by atoms with van der Waals surface area (Å²) >= 11 is 0. The Labute approximate surface area is 90.2 Å². The van der Waals surface area contributed by atoms with Gasteiger partial charge in [-0.3, -0.25) is 4.79 Å². The van der Waals surface area contributed by atoms with Gasteiger partial charge in [0, 0.05) is 17.6 Å². The van der Waals surface area contributed by atoms with Crippen molar-refractivity contribution in [3.8, 4) is 11.4 Å². The Bertz CT molecular complexity index is 698. The molecule has 0 fully saturated rings. The summed E-state index contributed by atoms with van der Waals surface area (Å²) in [6.07, 6.45) is 3.06. The molecule has 1 aromatic heterocycles. The van der Waals surface area contributed by atoms with Crippen LogP contribution in [0.3, 0.4) is 0 Å². The van der Waals surface area contributed by atoms with Crippen molar-refractivity contribution in [3.63, 3.8) is 0 Å². The fourth-order valence-electron chi connectivity index (χ4n) is 1.57. The summed E-state index contributed by atoms with van der Waals surface area (Å²) < 4.78 is 0. The van der Waals surface area contributed by atoms with Crippen LogP contribution in [-0.2, 0) is 0 Å². The van der Waals surface area contributed by atoms with E-state index >= 15 is 0 Å². The molecule has 2 aliphatic heterocycles. The first-order valence-electron chi connectivity index (χ1n) is 4.71. The van der Waals surface area contributed by atoms with Gasteiger partial charge in [-0.1, -0.05) is 0 Å². The minimum absolute atomic E-state index is 0.286. The van der Waals surface area contributed by atoms with Crippen molar-refractivity contribution in [3.05, 3.63) is 47.1 Å². The average Bonchev–Trinajstić information content (AvgIpc) is 2.48. The predicted octanol–water partition coefficient (Wildman–Crippen LogP) is 0.885. The Morgan fingerprint density at radius 1 is 1.00 bits per heavy atom. The van der Waals surface area contributed by atoms with Gasteiger partial charge in [-0.05, 0) is 18.2 Å². The molecule has 0 aliphatic carbocycles. The van der Waals surface area contributed by atoms with E-state index in [0.29, 0.717) is 17.0 Å². The van der Waals surface area contributed by atoms with Gasteiger partial charge in [0.1, 0.15) is 12.0 Å². The number of hydrogen-bond donors (Lipinski definition) is 0. The number of aromatic nitrogens is 4. The Morgan fingerprint density at radius 2 is 1.94 bits per heavy atom. The van der Waals surface area contributed by atoms with Crippen molar-refractivity contribution >= 4 is 11.0 Å². The highest BCUT2D eigenvalue weighted by molar-refractivity contribution is 5.88. The van der Waals surface area contributed by atoms with E-state index in [2.05, 4.69) is 19.9 Å². The van der Waals surface area contributed by atoms with Gasteiger partial charge in [0.05, 0.1) is 5.69 Å². The Morgan fingerprint density at radius 3 is 2.88 bits per heavy atom. The lowest BCUT2D eigenvalue weighted by atomic mass is 10.2. The molecule has 3 heterocycles. The molecule has 1 aromatic rings. The molecule has 0 saturated carbocycles. The molecule has 5 heteroatoms. The zero-order valence-electron chi connectivity index (χ0n) is 8.16. The largest absolute Gasteiger partial charge is 0.270 e. The lowest BCUT2D eigenvalue weighted by molar-refractivity contribution is 1.19. The van der Waals surface area contributed by atoms with Crippen molar-refractivity contribution in [2.75, 3.05) is 0 Å². The number of rotatable bonds is 0. The zero-order chi connectivity index (χ0) is 11.0. The van der Waals surface area contributed by atoms with Crippen molar-refractivity contribution < 1.29 is 0 Å². The minimum atomic E-state index is -0.286. The second kappa shape index (κ2) is 3.30. The van der Waals surface area contributed by atoms with Gasteiger partial charge < -0.3 is 0 Å². The number of nitrogens with zero attached hydrogens (tertiary/aromatic N) is 4. The third kappa shape index (κ3) is 1.30. The summed E-state index contributed by atoms with van der Waals surface area (Å²) in [4.78, 5) is 27.5. The predicted molar refractivity (Wildman–Crippen MR) is 58.0 cm³/mol. The van der Waals surface area contributed by atoms with Gasteiger partial charge in [-0.25, -0.2) is 19.9 Å². The summed E-state index contributed by atoms with van der Waals surface area (Å²) in [5, 5.41) is 0.729. The normalized spacial score (nSPS) is 10.8. The zero-order valence-corrected chi connectivity index (χ0v) is 8.16. The van der Waals surface area contributed by atoms with Gasteiger partial charge in [0.25, 0.3) is 5.56 Å². The maximum absolute atomic E-state index is 11.2. The van der Waals surface area contributed by atoms with Crippen LogP contribution < -0.4 is 5.56 Å². The van der Waals surface area contributed by atoms with Crippen LogP contribution in [-0.4, -0.2) is 19.9 Å². The second-order valence-electron chi connectivity index (χ2n) is 3.27. The molecule has 76 valence electrons. The van der Waals surface area contributed by atoms with E-state index in [1.165, 1.54) is 12.4 Å². The SMILES string of the molecule is O=c1ccc2ncnc3ncccc3c-2n1. The van der Waals surface area contributed by atoms with Gasteiger partial charge in [-0.2, -0.15) is 0 Å². The van der Waals surface area contributed by atoms with E-state index in [4.69, 9.17) is 0 Å². The first-order chi connectivity index (χ1) is 7.84. The number of hydrogen-bond acceptors (Lipinski definition) is 5. The van der Waals surface area contributed by atoms with Crippen LogP contribution in [0, 0.1) is 0 Å². The smallest absolute Gasteiger partial charge is 0.267 e. The molecule has 0 radical (unpaired) electrons. The van der Waals surface area contributed by atoms with Gasteiger partial charge in [0.15, 0.2) is 5.65 Å². The van der Waals surface area contributed by atoms with E-state index in [-0.39, 0.29) is 5.56 Å². The first kappa shape index (κ1) is 8.84. The van der Waals surface area contributed by atoms with Crippen LogP contribution in [0.1, 0.15) is 0 Å². The highest BCUT2D eigenvalue weighted by Gasteiger charge is 2.08. The van der Waals surface area contributed by atoms with Crippen LogP contribution in [0.2, 0.25) is 0 Å². The Balaban J connectivity index is 2.59. The molecule has 0 unspecified atom stereocenters. The average molecular weight is 210 g/mol. The maximum Gasteiger partial charge on any atom is 0.270 e. The molecule has 2 aliphatic rings. The molecule has 0 N–H and O–H groups in total. The third-order valence-corrected chi connectivity index (χ3v) is 2.27. The summed E-state index contributed by atoms with van der Waals surface area (Å²) in [5.41, 5.74) is 1.41. The highest BCUT2D eigenvalue weighted by Crippen LogP contribution is 2.20. The highest BCUT2D eigenvalue weighted by atomic mass is 16.1. The van der Waals surface area contributed by atoms with Crippen LogP contribution >= 0.6 is 0 Å². The summed E-state index contributed by atoms with van der Waals surface area (Å²) in [7, 11) is 0. The summed E-state index contributed by atoms with van der Waals surface area (Å²) in [5.74, 6) is 0. The number of pyridine rings is 2. The van der Waals surface area contributed by atoms with E-state index < -0.39 is 0 Å². The first-order valence-corrected chi connectivity index (χ1v) is 4.71. The quantitative estimate of drug-likeness (QED) is 0.551. The van der Waals surface area contributed by atoms with Crippen LogP contribution in [0.4, 0.5) is 0 Å². The molecular formula is C11H6N4O.